The Labute approximate surface area is 103 Å². The number of morpholine rings is 1. The van der Waals surface area contributed by atoms with E-state index in [4.69, 9.17) is 4.74 Å². The highest BCUT2D eigenvalue weighted by Gasteiger charge is 2.40. The third-order valence-electron chi connectivity index (χ3n) is 4.56. The minimum absolute atomic E-state index is 0.212. The van der Waals surface area contributed by atoms with Crippen molar-refractivity contribution in [2.45, 2.75) is 31.7 Å². The molecule has 0 spiro atoms. The largest absolute Gasteiger partial charge is 0.379 e. The molecule has 96 valence electrons. The molecule has 0 aromatic heterocycles. The number of fused-ring (bicyclic) bond motifs is 2. The summed E-state index contributed by atoms with van der Waals surface area (Å²) in [6.07, 6.45) is 5.29. The van der Waals surface area contributed by atoms with Crippen molar-refractivity contribution < 1.29 is 9.53 Å². The Morgan fingerprint density at radius 1 is 1.24 bits per heavy atom. The fraction of sp³-hybridized carbons (Fsp3) is 0.923. The Balaban J connectivity index is 1.44. The van der Waals surface area contributed by atoms with Crippen molar-refractivity contribution in [3.63, 3.8) is 0 Å². The number of rotatable bonds is 3. The molecular weight excluding hydrogens is 216 g/mol. The van der Waals surface area contributed by atoms with E-state index in [2.05, 4.69) is 10.2 Å². The molecular formula is C13H22N2O2. The molecule has 0 radical (unpaired) electrons. The molecule has 1 aliphatic heterocycles. The van der Waals surface area contributed by atoms with Gasteiger partial charge in [-0.2, -0.15) is 0 Å². The molecule has 2 bridgehead atoms. The van der Waals surface area contributed by atoms with Crippen molar-refractivity contribution >= 4 is 5.91 Å². The number of carbonyl (C=O) groups excluding carboxylic acids is 1. The molecule has 4 heteroatoms. The molecule has 3 fully saturated rings. The third-order valence-corrected chi connectivity index (χ3v) is 4.56. The van der Waals surface area contributed by atoms with Gasteiger partial charge in [0.1, 0.15) is 0 Å². The van der Waals surface area contributed by atoms with Gasteiger partial charge in [-0.25, -0.2) is 0 Å². The number of hydrogen-bond acceptors (Lipinski definition) is 3. The van der Waals surface area contributed by atoms with Crippen molar-refractivity contribution in [2.75, 3.05) is 32.8 Å². The Kier molecular flexibility index (Phi) is 3.34. The molecule has 1 N–H and O–H groups in total. The first-order valence-corrected chi connectivity index (χ1v) is 6.91. The first kappa shape index (κ1) is 11.5. The first-order valence-electron chi connectivity index (χ1n) is 6.91. The second-order valence-corrected chi connectivity index (χ2v) is 5.74. The standard InChI is InChI=1S/C13H22N2O2/c16-13(9-15-3-5-17-6-4-15)14-12-8-10-1-2-11(12)7-10/h10-12H,1-9H2,(H,14,16)/t10-,11+,12+/m1/s1. The zero-order valence-corrected chi connectivity index (χ0v) is 10.4. The maximum atomic E-state index is 11.9. The normalized spacial score (nSPS) is 37.3. The quantitative estimate of drug-likeness (QED) is 0.784. The number of nitrogens with zero attached hydrogens (tertiary/aromatic N) is 1. The minimum Gasteiger partial charge on any atom is -0.379 e. The van der Waals surface area contributed by atoms with E-state index in [1.807, 2.05) is 0 Å². The lowest BCUT2D eigenvalue weighted by atomic mass is 9.95. The van der Waals surface area contributed by atoms with Gasteiger partial charge >= 0.3 is 0 Å². The number of nitrogens with one attached hydrogen (secondary N) is 1. The summed E-state index contributed by atoms with van der Waals surface area (Å²) in [6, 6.07) is 0.474. The van der Waals surface area contributed by atoms with Gasteiger partial charge in [-0.3, -0.25) is 9.69 Å². The highest BCUT2D eigenvalue weighted by Crippen LogP contribution is 2.44. The Bertz CT molecular complexity index is 289. The van der Waals surface area contributed by atoms with Crippen molar-refractivity contribution in [1.29, 1.82) is 0 Å². The lowest BCUT2D eigenvalue weighted by Gasteiger charge is -2.28. The van der Waals surface area contributed by atoms with E-state index in [0.717, 1.165) is 38.1 Å². The van der Waals surface area contributed by atoms with Gasteiger partial charge in [0.25, 0.3) is 0 Å². The molecule has 3 atom stereocenters. The molecule has 1 heterocycles. The summed E-state index contributed by atoms with van der Waals surface area (Å²) in [6.45, 7) is 3.87. The SMILES string of the molecule is O=C(CN1CCOCC1)N[C@H]1C[C@@H]2CC[C@H]1C2. The number of ether oxygens (including phenoxy) is 1. The average molecular weight is 238 g/mol. The fourth-order valence-electron chi connectivity index (χ4n) is 3.64. The average Bonchev–Trinajstić information content (AvgIpc) is 2.92. The maximum Gasteiger partial charge on any atom is 0.234 e. The summed E-state index contributed by atoms with van der Waals surface area (Å²) in [4.78, 5) is 14.1. The summed E-state index contributed by atoms with van der Waals surface area (Å²) < 4.78 is 5.28. The fourth-order valence-corrected chi connectivity index (χ4v) is 3.64. The van der Waals surface area contributed by atoms with Crippen LogP contribution in [-0.2, 0) is 9.53 Å². The second kappa shape index (κ2) is 4.94. The Morgan fingerprint density at radius 2 is 2.06 bits per heavy atom. The highest BCUT2D eigenvalue weighted by molar-refractivity contribution is 5.78. The van der Waals surface area contributed by atoms with E-state index in [1.54, 1.807) is 0 Å². The molecule has 0 aromatic carbocycles. The third kappa shape index (κ3) is 2.63. The van der Waals surface area contributed by atoms with Gasteiger partial charge in [-0.1, -0.05) is 6.42 Å². The molecule has 0 aromatic rings. The molecule has 2 saturated carbocycles. The van der Waals surface area contributed by atoms with Gasteiger partial charge < -0.3 is 10.1 Å². The van der Waals surface area contributed by atoms with Crippen LogP contribution in [0.25, 0.3) is 0 Å². The molecule has 2 aliphatic carbocycles. The van der Waals surface area contributed by atoms with Gasteiger partial charge in [0.2, 0.25) is 5.91 Å². The van der Waals surface area contributed by atoms with E-state index >= 15 is 0 Å². The van der Waals surface area contributed by atoms with Crippen LogP contribution in [0.15, 0.2) is 0 Å². The summed E-state index contributed by atoms with van der Waals surface area (Å²) in [5, 5.41) is 3.24. The van der Waals surface area contributed by atoms with Gasteiger partial charge in [0.05, 0.1) is 19.8 Å². The van der Waals surface area contributed by atoms with Gasteiger partial charge in [-0.05, 0) is 31.1 Å². The molecule has 4 nitrogen and oxygen atoms in total. The van der Waals surface area contributed by atoms with Crippen LogP contribution >= 0.6 is 0 Å². The molecule has 3 aliphatic rings. The van der Waals surface area contributed by atoms with E-state index in [9.17, 15) is 4.79 Å². The monoisotopic (exact) mass is 238 g/mol. The van der Waals surface area contributed by atoms with Crippen LogP contribution in [-0.4, -0.2) is 49.7 Å². The predicted octanol–water partition coefficient (Wildman–Crippen LogP) is 0.623. The van der Waals surface area contributed by atoms with Crippen molar-refractivity contribution in [3.8, 4) is 0 Å². The van der Waals surface area contributed by atoms with Crippen molar-refractivity contribution in [3.05, 3.63) is 0 Å². The van der Waals surface area contributed by atoms with E-state index in [1.165, 1.54) is 25.7 Å². The zero-order chi connectivity index (χ0) is 11.7. The number of hydrogen-bond donors (Lipinski definition) is 1. The molecule has 1 saturated heterocycles. The van der Waals surface area contributed by atoms with Gasteiger partial charge in [-0.15, -0.1) is 0 Å². The van der Waals surface area contributed by atoms with Crippen LogP contribution in [0.1, 0.15) is 25.7 Å². The summed E-state index contributed by atoms with van der Waals surface area (Å²) in [7, 11) is 0. The topological polar surface area (TPSA) is 41.6 Å². The second-order valence-electron chi connectivity index (χ2n) is 5.74. The predicted molar refractivity (Wildman–Crippen MR) is 64.6 cm³/mol. The van der Waals surface area contributed by atoms with Gasteiger partial charge in [0, 0.05) is 19.1 Å². The number of amides is 1. The van der Waals surface area contributed by atoms with Crippen LogP contribution in [0.5, 0.6) is 0 Å². The van der Waals surface area contributed by atoms with Crippen LogP contribution in [0.4, 0.5) is 0 Å². The maximum absolute atomic E-state index is 11.9. The van der Waals surface area contributed by atoms with Crippen LogP contribution in [0.2, 0.25) is 0 Å². The highest BCUT2D eigenvalue weighted by atomic mass is 16.5. The smallest absolute Gasteiger partial charge is 0.234 e. The number of carbonyl (C=O) groups is 1. The minimum atomic E-state index is 0.212. The first-order chi connectivity index (χ1) is 8.31. The van der Waals surface area contributed by atoms with Crippen LogP contribution in [0, 0.1) is 11.8 Å². The Morgan fingerprint density at radius 3 is 2.71 bits per heavy atom. The lowest BCUT2D eigenvalue weighted by Crippen LogP contribution is -2.47. The zero-order valence-electron chi connectivity index (χ0n) is 10.4. The molecule has 0 unspecified atom stereocenters. The van der Waals surface area contributed by atoms with E-state index in [0.29, 0.717) is 12.6 Å². The van der Waals surface area contributed by atoms with E-state index < -0.39 is 0 Å². The summed E-state index contributed by atoms with van der Waals surface area (Å²) >= 11 is 0. The molecule has 17 heavy (non-hydrogen) atoms. The lowest BCUT2D eigenvalue weighted by molar-refractivity contribution is -0.124. The summed E-state index contributed by atoms with van der Waals surface area (Å²) in [5.74, 6) is 1.88. The van der Waals surface area contributed by atoms with Crippen LogP contribution in [0.3, 0.4) is 0 Å². The van der Waals surface area contributed by atoms with Crippen LogP contribution < -0.4 is 5.32 Å². The van der Waals surface area contributed by atoms with E-state index in [-0.39, 0.29) is 5.91 Å². The molecule has 3 rings (SSSR count). The summed E-state index contributed by atoms with van der Waals surface area (Å²) in [5.41, 5.74) is 0. The Hall–Kier alpha value is -0.610. The van der Waals surface area contributed by atoms with Crippen molar-refractivity contribution in [1.82, 2.24) is 10.2 Å². The van der Waals surface area contributed by atoms with Gasteiger partial charge in [0.15, 0.2) is 0 Å². The van der Waals surface area contributed by atoms with Crippen molar-refractivity contribution in [2.24, 2.45) is 11.8 Å². The molecule has 1 amide bonds.